The van der Waals surface area contributed by atoms with Gasteiger partial charge in [-0.3, -0.25) is 0 Å². The Bertz CT molecular complexity index is 534. The normalized spacial score (nSPS) is 16.3. The molecule has 1 aromatic carbocycles. The molecule has 0 radical (unpaired) electrons. The van der Waals surface area contributed by atoms with E-state index < -0.39 is 0 Å². The number of aryl methyl sites for hydroxylation is 1. The second-order valence-electron chi connectivity index (χ2n) is 4.92. The molecule has 18 heavy (non-hydrogen) atoms. The lowest BCUT2D eigenvalue weighted by Crippen LogP contribution is -2.10. The number of anilines is 1. The molecule has 0 aliphatic heterocycles. The van der Waals surface area contributed by atoms with Gasteiger partial charge < -0.3 is 5.73 Å². The first-order valence-electron chi connectivity index (χ1n) is 6.40. The number of nitrogens with zero attached hydrogens (tertiary/aromatic N) is 4. The van der Waals surface area contributed by atoms with E-state index in [9.17, 15) is 0 Å². The van der Waals surface area contributed by atoms with Crippen LogP contribution in [-0.4, -0.2) is 20.2 Å². The molecule has 5 heteroatoms. The Morgan fingerprint density at radius 3 is 2.78 bits per heavy atom. The van der Waals surface area contributed by atoms with Gasteiger partial charge in [-0.05, 0) is 41.8 Å². The highest BCUT2D eigenvalue weighted by Crippen LogP contribution is 2.34. The summed E-state index contributed by atoms with van der Waals surface area (Å²) in [7, 11) is 0. The summed E-state index contributed by atoms with van der Waals surface area (Å²) in [6.07, 6.45) is 4.83. The van der Waals surface area contributed by atoms with Crippen LogP contribution in [0, 0.1) is 6.92 Å². The largest absolute Gasteiger partial charge is 0.398 e. The molecule has 1 aromatic heterocycles. The molecule has 0 saturated heterocycles. The van der Waals surface area contributed by atoms with Gasteiger partial charge in [0, 0.05) is 11.3 Å². The van der Waals surface area contributed by atoms with Gasteiger partial charge in [-0.1, -0.05) is 25.0 Å². The van der Waals surface area contributed by atoms with Crippen LogP contribution in [0.1, 0.15) is 37.3 Å². The summed E-state index contributed by atoms with van der Waals surface area (Å²) in [4.78, 5) is 0. The molecule has 1 heterocycles. The molecule has 1 aliphatic carbocycles. The Balaban J connectivity index is 2.09. The zero-order valence-electron chi connectivity index (χ0n) is 10.5. The van der Waals surface area contributed by atoms with Crippen molar-refractivity contribution in [2.45, 2.75) is 38.6 Å². The maximum atomic E-state index is 6.07. The van der Waals surface area contributed by atoms with E-state index in [4.69, 9.17) is 5.73 Å². The highest BCUT2D eigenvalue weighted by molar-refractivity contribution is 5.74. The quantitative estimate of drug-likeness (QED) is 0.822. The Kier molecular flexibility index (Phi) is 2.74. The van der Waals surface area contributed by atoms with Gasteiger partial charge >= 0.3 is 0 Å². The van der Waals surface area contributed by atoms with Gasteiger partial charge in [0.15, 0.2) is 5.82 Å². The minimum Gasteiger partial charge on any atom is -0.398 e. The van der Waals surface area contributed by atoms with Crippen LogP contribution in [0.3, 0.4) is 0 Å². The van der Waals surface area contributed by atoms with Crippen molar-refractivity contribution in [1.82, 2.24) is 20.2 Å². The molecule has 0 bridgehead atoms. The van der Waals surface area contributed by atoms with Crippen molar-refractivity contribution in [3.05, 3.63) is 23.8 Å². The summed E-state index contributed by atoms with van der Waals surface area (Å²) in [6, 6.07) is 6.32. The molecule has 1 aliphatic rings. The number of hydrogen-bond acceptors (Lipinski definition) is 4. The van der Waals surface area contributed by atoms with Gasteiger partial charge in [0.05, 0.1) is 6.04 Å². The van der Waals surface area contributed by atoms with Gasteiger partial charge in [0.2, 0.25) is 0 Å². The Hall–Kier alpha value is -1.91. The van der Waals surface area contributed by atoms with Crippen molar-refractivity contribution in [3.63, 3.8) is 0 Å². The van der Waals surface area contributed by atoms with E-state index in [1.807, 2.05) is 29.8 Å². The zero-order chi connectivity index (χ0) is 12.5. The number of benzene rings is 1. The van der Waals surface area contributed by atoms with Crippen molar-refractivity contribution < 1.29 is 0 Å². The smallest absolute Gasteiger partial charge is 0.184 e. The molecule has 0 unspecified atom stereocenters. The van der Waals surface area contributed by atoms with Crippen LogP contribution in [0.15, 0.2) is 18.2 Å². The topological polar surface area (TPSA) is 69.6 Å². The molecule has 1 saturated carbocycles. The van der Waals surface area contributed by atoms with Gasteiger partial charge in [0.25, 0.3) is 0 Å². The highest BCUT2D eigenvalue weighted by atomic mass is 15.5. The van der Waals surface area contributed by atoms with Crippen molar-refractivity contribution in [2.75, 3.05) is 5.73 Å². The first-order valence-corrected chi connectivity index (χ1v) is 6.40. The van der Waals surface area contributed by atoms with Gasteiger partial charge in [-0.25, -0.2) is 4.68 Å². The van der Waals surface area contributed by atoms with Crippen molar-refractivity contribution in [1.29, 1.82) is 0 Å². The van der Waals surface area contributed by atoms with Crippen LogP contribution >= 0.6 is 0 Å². The lowest BCUT2D eigenvalue weighted by molar-refractivity contribution is 0.458. The summed E-state index contributed by atoms with van der Waals surface area (Å²) in [6.45, 7) is 2.04. The molecule has 3 rings (SSSR count). The van der Waals surface area contributed by atoms with Crippen LogP contribution in [0.25, 0.3) is 11.4 Å². The zero-order valence-corrected chi connectivity index (χ0v) is 10.5. The number of tetrazole rings is 1. The number of rotatable bonds is 2. The molecule has 0 spiro atoms. The molecular formula is C13H17N5. The summed E-state index contributed by atoms with van der Waals surface area (Å²) >= 11 is 0. The molecule has 0 atom stereocenters. The number of nitrogen functional groups attached to an aromatic ring is 1. The second-order valence-corrected chi connectivity index (χ2v) is 4.92. The number of nitrogens with two attached hydrogens (primary N) is 1. The molecular weight excluding hydrogens is 226 g/mol. The SMILES string of the molecule is Cc1cccc(N)c1-c1nnnn1C1CCCC1. The fourth-order valence-corrected chi connectivity index (χ4v) is 2.75. The first-order chi connectivity index (χ1) is 8.77. The van der Waals surface area contributed by atoms with E-state index >= 15 is 0 Å². The third kappa shape index (κ3) is 1.75. The minimum absolute atomic E-state index is 0.425. The first kappa shape index (κ1) is 11.2. The average Bonchev–Trinajstić information content (AvgIpc) is 2.98. The summed E-state index contributed by atoms with van der Waals surface area (Å²) < 4.78 is 1.95. The molecule has 2 aromatic rings. The Morgan fingerprint density at radius 1 is 1.28 bits per heavy atom. The van der Waals surface area contributed by atoms with E-state index in [-0.39, 0.29) is 0 Å². The number of aromatic nitrogens is 4. The van der Waals surface area contributed by atoms with Crippen LogP contribution in [0.2, 0.25) is 0 Å². The van der Waals surface area contributed by atoms with Crippen LogP contribution in [0.5, 0.6) is 0 Å². The lowest BCUT2D eigenvalue weighted by Gasteiger charge is -2.13. The second kappa shape index (κ2) is 4.40. The van der Waals surface area contributed by atoms with E-state index in [1.54, 1.807) is 0 Å². The standard InChI is InChI=1S/C13H17N5/c1-9-5-4-8-11(14)12(9)13-15-16-17-18(13)10-6-2-3-7-10/h4-5,8,10H,2-3,6-7,14H2,1H3. The summed E-state index contributed by atoms with van der Waals surface area (Å²) in [5, 5.41) is 12.2. The molecule has 1 fully saturated rings. The monoisotopic (exact) mass is 243 g/mol. The van der Waals surface area contributed by atoms with Crippen molar-refractivity contribution in [3.8, 4) is 11.4 Å². The van der Waals surface area contributed by atoms with E-state index in [1.165, 1.54) is 12.8 Å². The predicted octanol–water partition coefficient (Wildman–Crippen LogP) is 2.35. The van der Waals surface area contributed by atoms with Crippen LogP contribution in [0.4, 0.5) is 5.69 Å². The fourth-order valence-electron chi connectivity index (χ4n) is 2.75. The third-order valence-corrected chi connectivity index (χ3v) is 3.69. The van der Waals surface area contributed by atoms with Crippen molar-refractivity contribution in [2.24, 2.45) is 0 Å². The van der Waals surface area contributed by atoms with E-state index in [2.05, 4.69) is 15.5 Å². The third-order valence-electron chi connectivity index (χ3n) is 3.69. The average molecular weight is 243 g/mol. The van der Waals surface area contributed by atoms with Gasteiger partial charge in [-0.2, -0.15) is 0 Å². The highest BCUT2D eigenvalue weighted by Gasteiger charge is 2.23. The van der Waals surface area contributed by atoms with Crippen molar-refractivity contribution >= 4 is 5.69 Å². The minimum atomic E-state index is 0.425. The summed E-state index contributed by atoms with van der Waals surface area (Å²) in [5.41, 5.74) is 8.89. The van der Waals surface area contributed by atoms with E-state index in [0.717, 1.165) is 35.5 Å². The number of hydrogen-bond donors (Lipinski definition) is 1. The van der Waals surface area contributed by atoms with E-state index in [0.29, 0.717) is 6.04 Å². The van der Waals surface area contributed by atoms with Gasteiger partial charge in [0.1, 0.15) is 0 Å². The van der Waals surface area contributed by atoms with Crippen LogP contribution < -0.4 is 5.73 Å². The maximum Gasteiger partial charge on any atom is 0.184 e. The van der Waals surface area contributed by atoms with Gasteiger partial charge in [-0.15, -0.1) is 5.10 Å². The fraction of sp³-hybridized carbons (Fsp3) is 0.462. The molecule has 94 valence electrons. The molecule has 5 nitrogen and oxygen atoms in total. The Labute approximate surface area is 106 Å². The Morgan fingerprint density at radius 2 is 2.06 bits per heavy atom. The van der Waals surface area contributed by atoms with Crippen LogP contribution in [-0.2, 0) is 0 Å². The molecule has 2 N–H and O–H groups in total. The lowest BCUT2D eigenvalue weighted by atomic mass is 10.1. The summed E-state index contributed by atoms with van der Waals surface area (Å²) in [5.74, 6) is 0.803. The predicted molar refractivity (Wildman–Crippen MR) is 69.9 cm³/mol. The molecule has 0 amide bonds. The maximum absolute atomic E-state index is 6.07.